The number of anilines is 1. The smallest absolute Gasteiger partial charge is 0.337 e. The van der Waals surface area contributed by atoms with Crippen molar-refractivity contribution in [1.82, 2.24) is 0 Å². The molecule has 0 radical (unpaired) electrons. The predicted molar refractivity (Wildman–Crippen MR) is 81.5 cm³/mol. The van der Waals surface area contributed by atoms with Gasteiger partial charge in [0.2, 0.25) is 5.91 Å². The van der Waals surface area contributed by atoms with Gasteiger partial charge in [-0.1, -0.05) is 23.7 Å². The molecule has 6 heteroatoms. The van der Waals surface area contributed by atoms with Crippen molar-refractivity contribution in [2.75, 3.05) is 12.4 Å². The number of benzene rings is 2. The molecule has 0 saturated heterocycles. The van der Waals surface area contributed by atoms with Crippen LogP contribution in [0.5, 0.6) is 0 Å². The molecular weight excluding hydrogens is 309 g/mol. The normalized spacial score (nSPS) is 10.1. The van der Waals surface area contributed by atoms with Crippen LogP contribution >= 0.6 is 11.6 Å². The highest BCUT2D eigenvalue weighted by Crippen LogP contribution is 2.16. The van der Waals surface area contributed by atoms with Crippen molar-refractivity contribution >= 4 is 29.2 Å². The van der Waals surface area contributed by atoms with E-state index in [1.54, 1.807) is 18.2 Å². The zero-order valence-corrected chi connectivity index (χ0v) is 12.5. The summed E-state index contributed by atoms with van der Waals surface area (Å²) < 4.78 is 18.2. The molecule has 2 aromatic carbocycles. The van der Waals surface area contributed by atoms with Gasteiger partial charge in [0.25, 0.3) is 0 Å². The number of nitrogens with one attached hydrogen (secondary N) is 1. The van der Waals surface area contributed by atoms with Crippen LogP contribution in [0, 0.1) is 5.82 Å². The van der Waals surface area contributed by atoms with Crippen LogP contribution in [0.25, 0.3) is 0 Å². The maximum absolute atomic E-state index is 13.6. The maximum Gasteiger partial charge on any atom is 0.337 e. The SMILES string of the molecule is COC(=O)c1cccc(NC(=O)Cc2ccc(Cl)cc2F)c1. The molecule has 4 nitrogen and oxygen atoms in total. The average molecular weight is 322 g/mol. The molecule has 0 spiro atoms. The zero-order chi connectivity index (χ0) is 16.1. The van der Waals surface area contributed by atoms with Gasteiger partial charge in [0.05, 0.1) is 19.1 Å². The fourth-order valence-corrected chi connectivity index (χ4v) is 2.04. The standard InChI is InChI=1S/C16H13ClFNO3/c1-22-16(21)11-3-2-4-13(7-11)19-15(20)8-10-5-6-12(17)9-14(10)18/h2-7,9H,8H2,1H3,(H,19,20). The molecule has 0 aliphatic heterocycles. The lowest BCUT2D eigenvalue weighted by atomic mass is 10.1. The number of methoxy groups -OCH3 is 1. The first-order valence-electron chi connectivity index (χ1n) is 6.42. The van der Waals surface area contributed by atoms with Gasteiger partial charge in [-0.2, -0.15) is 0 Å². The molecule has 0 saturated carbocycles. The number of ether oxygens (including phenoxy) is 1. The van der Waals surface area contributed by atoms with E-state index in [-0.39, 0.29) is 17.0 Å². The van der Waals surface area contributed by atoms with Crippen LogP contribution in [0.3, 0.4) is 0 Å². The van der Waals surface area contributed by atoms with Gasteiger partial charge < -0.3 is 10.1 Å². The van der Waals surface area contributed by atoms with E-state index in [1.807, 2.05) is 0 Å². The number of carbonyl (C=O) groups excluding carboxylic acids is 2. The third kappa shape index (κ3) is 4.05. The third-order valence-corrected chi connectivity index (χ3v) is 3.17. The minimum atomic E-state index is -0.536. The Morgan fingerprint density at radius 1 is 1.23 bits per heavy atom. The Morgan fingerprint density at radius 2 is 2.00 bits per heavy atom. The summed E-state index contributed by atoms with van der Waals surface area (Å²) >= 11 is 5.66. The monoisotopic (exact) mass is 321 g/mol. The van der Waals surface area contributed by atoms with E-state index in [0.29, 0.717) is 11.3 Å². The van der Waals surface area contributed by atoms with Gasteiger partial charge in [-0.15, -0.1) is 0 Å². The van der Waals surface area contributed by atoms with Gasteiger partial charge in [0.15, 0.2) is 0 Å². The number of hydrogen-bond donors (Lipinski definition) is 1. The lowest BCUT2D eigenvalue weighted by Crippen LogP contribution is -2.15. The van der Waals surface area contributed by atoms with Gasteiger partial charge in [0.1, 0.15) is 5.82 Å². The summed E-state index contributed by atoms with van der Waals surface area (Å²) in [5.41, 5.74) is 0.992. The van der Waals surface area contributed by atoms with Crippen LogP contribution in [0.1, 0.15) is 15.9 Å². The first-order valence-corrected chi connectivity index (χ1v) is 6.79. The minimum absolute atomic E-state index is 0.133. The minimum Gasteiger partial charge on any atom is -0.465 e. The van der Waals surface area contributed by atoms with Gasteiger partial charge in [0, 0.05) is 10.7 Å². The summed E-state index contributed by atoms with van der Waals surface area (Å²) in [6.45, 7) is 0. The number of esters is 1. The molecule has 0 bridgehead atoms. The molecular formula is C16H13ClFNO3. The van der Waals surface area contributed by atoms with Crippen molar-refractivity contribution in [2.45, 2.75) is 6.42 Å². The molecule has 114 valence electrons. The molecule has 0 aliphatic carbocycles. The van der Waals surface area contributed by atoms with Gasteiger partial charge in [-0.3, -0.25) is 4.79 Å². The van der Waals surface area contributed by atoms with Crippen LogP contribution < -0.4 is 5.32 Å². The van der Waals surface area contributed by atoms with Crippen molar-refractivity contribution in [1.29, 1.82) is 0 Å². The molecule has 22 heavy (non-hydrogen) atoms. The molecule has 2 rings (SSSR count). The average Bonchev–Trinajstić information content (AvgIpc) is 2.49. The van der Waals surface area contributed by atoms with E-state index >= 15 is 0 Å². The lowest BCUT2D eigenvalue weighted by molar-refractivity contribution is -0.115. The Morgan fingerprint density at radius 3 is 2.68 bits per heavy atom. The van der Waals surface area contributed by atoms with Crippen LogP contribution in [0.4, 0.5) is 10.1 Å². The summed E-state index contributed by atoms with van der Waals surface area (Å²) in [6.07, 6.45) is -0.133. The largest absolute Gasteiger partial charge is 0.465 e. The van der Waals surface area contributed by atoms with Crippen molar-refractivity contribution in [3.63, 3.8) is 0 Å². The third-order valence-electron chi connectivity index (χ3n) is 2.93. The molecule has 0 fully saturated rings. The Labute approximate surface area is 131 Å². The second-order valence-electron chi connectivity index (χ2n) is 4.53. The summed E-state index contributed by atoms with van der Waals surface area (Å²) in [4.78, 5) is 23.4. The molecule has 0 heterocycles. The zero-order valence-electron chi connectivity index (χ0n) is 11.7. The van der Waals surface area contributed by atoms with Crippen LogP contribution in [0.15, 0.2) is 42.5 Å². The van der Waals surface area contributed by atoms with Crippen LogP contribution in [-0.2, 0) is 16.0 Å². The predicted octanol–water partition coefficient (Wildman–Crippen LogP) is 3.45. The molecule has 1 amide bonds. The summed E-state index contributed by atoms with van der Waals surface area (Å²) in [7, 11) is 1.27. The first-order chi connectivity index (χ1) is 10.5. The highest BCUT2D eigenvalue weighted by Gasteiger charge is 2.11. The van der Waals surface area contributed by atoms with Gasteiger partial charge in [-0.25, -0.2) is 9.18 Å². The number of hydrogen-bond acceptors (Lipinski definition) is 3. The highest BCUT2D eigenvalue weighted by atomic mass is 35.5. The number of carbonyl (C=O) groups is 2. The molecule has 0 atom stereocenters. The molecule has 1 N–H and O–H groups in total. The summed E-state index contributed by atoms with van der Waals surface area (Å²) in [5.74, 6) is -1.44. The molecule has 0 unspecified atom stereocenters. The molecule has 0 aromatic heterocycles. The van der Waals surface area contributed by atoms with Crippen molar-refractivity contribution < 1.29 is 18.7 Å². The van der Waals surface area contributed by atoms with Crippen molar-refractivity contribution in [2.24, 2.45) is 0 Å². The topological polar surface area (TPSA) is 55.4 Å². The van der Waals surface area contributed by atoms with E-state index in [0.717, 1.165) is 6.07 Å². The van der Waals surface area contributed by atoms with Crippen molar-refractivity contribution in [3.05, 3.63) is 64.4 Å². The number of halogens is 2. The Kier molecular flexibility index (Phi) is 5.12. The van der Waals surface area contributed by atoms with Crippen molar-refractivity contribution in [3.8, 4) is 0 Å². The summed E-state index contributed by atoms with van der Waals surface area (Å²) in [5, 5.41) is 2.88. The van der Waals surface area contributed by atoms with Crippen LogP contribution in [-0.4, -0.2) is 19.0 Å². The summed E-state index contributed by atoms with van der Waals surface area (Å²) in [6, 6.07) is 10.4. The maximum atomic E-state index is 13.6. The fourth-order valence-electron chi connectivity index (χ4n) is 1.88. The Hall–Kier alpha value is -2.40. The molecule has 0 aliphatic rings. The Bertz CT molecular complexity index is 718. The van der Waals surface area contributed by atoms with E-state index in [9.17, 15) is 14.0 Å². The fraction of sp³-hybridized carbons (Fsp3) is 0.125. The van der Waals surface area contributed by atoms with Gasteiger partial charge in [-0.05, 0) is 35.9 Å². The second-order valence-corrected chi connectivity index (χ2v) is 4.97. The Balaban J connectivity index is 2.07. The van der Waals surface area contributed by atoms with Crippen LogP contribution in [0.2, 0.25) is 5.02 Å². The quantitative estimate of drug-likeness (QED) is 0.878. The lowest BCUT2D eigenvalue weighted by Gasteiger charge is -2.07. The molecule has 2 aromatic rings. The van der Waals surface area contributed by atoms with E-state index in [4.69, 9.17) is 11.6 Å². The van der Waals surface area contributed by atoms with Gasteiger partial charge >= 0.3 is 5.97 Å². The second kappa shape index (κ2) is 7.04. The highest BCUT2D eigenvalue weighted by molar-refractivity contribution is 6.30. The first kappa shape index (κ1) is 16.0. The van der Waals surface area contributed by atoms with E-state index in [2.05, 4.69) is 10.1 Å². The number of amides is 1. The van der Waals surface area contributed by atoms with E-state index in [1.165, 1.54) is 25.3 Å². The number of rotatable bonds is 4. The van der Waals surface area contributed by atoms with E-state index < -0.39 is 17.7 Å².